The van der Waals surface area contributed by atoms with E-state index in [0.29, 0.717) is 22.2 Å². The number of sulfonamides is 1. The molecule has 0 atom stereocenters. The van der Waals surface area contributed by atoms with Gasteiger partial charge in [0.25, 0.3) is 17.7 Å². The van der Waals surface area contributed by atoms with E-state index in [1.165, 1.54) is 69.4 Å². The largest absolute Gasteiger partial charge is 0.455 e. The lowest BCUT2D eigenvalue weighted by molar-refractivity contribution is -0.121. The summed E-state index contributed by atoms with van der Waals surface area (Å²) in [4.78, 5) is 39.7. The molecule has 5 rings (SSSR count). The molecule has 0 aliphatic rings. The van der Waals surface area contributed by atoms with Crippen LogP contribution in [-0.4, -0.2) is 68.4 Å². The third-order valence-electron chi connectivity index (χ3n) is 7.63. The maximum absolute atomic E-state index is 13.8. The second-order valence-corrected chi connectivity index (χ2v) is 13.7. The number of anilines is 2. The number of hydrogen-bond acceptors (Lipinski definition) is 9. The van der Waals surface area contributed by atoms with Crippen molar-refractivity contribution < 1.29 is 41.2 Å². The molecule has 2 heterocycles. The quantitative estimate of drug-likeness (QED) is 0.155. The number of rotatable bonds is 11. The zero-order valence-electron chi connectivity index (χ0n) is 27.3. The SMILES string of the molecule is CNC(=O)c1c(-c2ccc(F)cc2)oc2cc(N(CCO)S(C)(=O)=O)c(-c3cccc(C(=O)NC(C)(C)C(=O)Nc4cc(C)no4)c3)cc12. The number of nitrogens with zero attached hydrogens (tertiary/aromatic N) is 2. The number of furan rings is 1. The molecular weight excluding hydrogens is 657 g/mol. The average molecular weight is 692 g/mol. The highest BCUT2D eigenvalue weighted by Crippen LogP contribution is 2.41. The maximum atomic E-state index is 13.8. The molecule has 2 aromatic heterocycles. The fourth-order valence-electron chi connectivity index (χ4n) is 5.21. The number of fused-ring (bicyclic) bond motifs is 1. The summed E-state index contributed by atoms with van der Waals surface area (Å²) in [6.45, 7) is 3.89. The number of carbonyl (C=O) groups excluding carboxylic acids is 3. The van der Waals surface area contributed by atoms with Gasteiger partial charge in [0.05, 0.1) is 36.4 Å². The number of nitrogens with one attached hydrogen (secondary N) is 3. The van der Waals surface area contributed by atoms with Gasteiger partial charge in [-0.15, -0.1) is 0 Å². The van der Waals surface area contributed by atoms with Crippen LogP contribution in [0.5, 0.6) is 0 Å². The topological polar surface area (TPSA) is 184 Å². The molecule has 0 aliphatic carbocycles. The van der Waals surface area contributed by atoms with Gasteiger partial charge in [-0.2, -0.15) is 0 Å². The predicted molar refractivity (Wildman–Crippen MR) is 181 cm³/mol. The third-order valence-corrected chi connectivity index (χ3v) is 8.81. The molecule has 0 fully saturated rings. The van der Waals surface area contributed by atoms with Gasteiger partial charge in [-0.1, -0.05) is 17.3 Å². The van der Waals surface area contributed by atoms with Crippen LogP contribution in [-0.2, 0) is 14.8 Å². The van der Waals surface area contributed by atoms with E-state index in [1.54, 1.807) is 25.1 Å². The van der Waals surface area contributed by atoms with Crippen LogP contribution in [0.2, 0.25) is 0 Å². The molecule has 0 radical (unpaired) electrons. The van der Waals surface area contributed by atoms with Crippen LogP contribution in [0.15, 0.2) is 75.7 Å². The maximum Gasteiger partial charge on any atom is 0.255 e. The summed E-state index contributed by atoms with van der Waals surface area (Å²) >= 11 is 0. The summed E-state index contributed by atoms with van der Waals surface area (Å²) in [5.41, 5.74) is 0.731. The van der Waals surface area contributed by atoms with E-state index in [4.69, 9.17) is 8.94 Å². The number of aromatic nitrogens is 1. The Morgan fingerprint density at radius 2 is 1.71 bits per heavy atom. The molecule has 4 N–H and O–H groups in total. The third kappa shape index (κ3) is 7.32. The molecule has 0 saturated carbocycles. The molecule has 3 amide bonds. The molecule has 15 heteroatoms. The zero-order chi connectivity index (χ0) is 35.7. The number of aliphatic hydroxyl groups is 1. The Bertz CT molecular complexity index is 2170. The fourth-order valence-corrected chi connectivity index (χ4v) is 6.13. The molecule has 13 nitrogen and oxygen atoms in total. The molecule has 3 aromatic carbocycles. The van der Waals surface area contributed by atoms with E-state index in [-0.39, 0.29) is 46.1 Å². The molecule has 0 aliphatic heterocycles. The Morgan fingerprint density at radius 3 is 2.33 bits per heavy atom. The summed E-state index contributed by atoms with van der Waals surface area (Å²) in [6, 6.07) is 16.1. The van der Waals surface area contributed by atoms with Gasteiger partial charge in [0.2, 0.25) is 15.9 Å². The van der Waals surface area contributed by atoms with Crippen molar-refractivity contribution in [1.82, 2.24) is 15.8 Å². The van der Waals surface area contributed by atoms with Gasteiger partial charge < -0.3 is 24.7 Å². The Balaban J connectivity index is 1.64. The number of hydrogen-bond donors (Lipinski definition) is 4. The van der Waals surface area contributed by atoms with Crippen LogP contribution >= 0.6 is 0 Å². The zero-order valence-corrected chi connectivity index (χ0v) is 28.1. The van der Waals surface area contributed by atoms with Crippen LogP contribution in [0.3, 0.4) is 0 Å². The van der Waals surface area contributed by atoms with Crippen molar-refractivity contribution in [3.63, 3.8) is 0 Å². The Morgan fingerprint density at radius 1 is 1.00 bits per heavy atom. The highest BCUT2D eigenvalue weighted by molar-refractivity contribution is 7.92. The standard InChI is InChI=1S/C34H34FN5O8S/c1-19-15-28(48-39-19)37-33(44)34(2,3)38-31(42)22-8-6-7-21(16-22)24-17-25-27(18-26(24)40(13-14-41)49(5,45)46)47-30(29(25)32(43)36-4)20-9-11-23(35)12-10-20/h6-12,15-18,41H,13-14H2,1-5H3,(H,36,43)(H,37,44)(H,38,42). The minimum Gasteiger partial charge on any atom is -0.455 e. The van der Waals surface area contributed by atoms with Crippen molar-refractivity contribution in [2.75, 3.05) is 36.1 Å². The van der Waals surface area contributed by atoms with Gasteiger partial charge in [-0.25, -0.2) is 12.8 Å². The van der Waals surface area contributed by atoms with Crippen LogP contribution in [0.4, 0.5) is 16.0 Å². The number of benzene rings is 3. The molecule has 0 saturated heterocycles. The van der Waals surface area contributed by atoms with Gasteiger partial charge >= 0.3 is 0 Å². The first kappa shape index (κ1) is 34.8. The van der Waals surface area contributed by atoms with Gasteiger partial charge in [-0.05, 0) is 68.8 Å². The number of carbonyl (C=O) groups is 3. The second kappa shape index (κ2) is 13.5. The van der Waals surface area contributed by atoms with Gasteiger partial charge in [0, 0.05) is 41.3 Å². The molecule has 0 bridgehead atoms. The Labute approximate surface area is 281 Å². The van der Waals surface area contributed by atoms with Crippen molar-refractivity contribution in [3.05, 3.63) is 89.4 Å². The first-order chi connectivity index (χ1) is 23.1. The lowest BCUT2D eigenvalue weighted by Gasteiger charge is -2.25. The van der Waals surface area contributed by atoms with E-state index < -0.39 is 45.7 Å². The van der Waals surface area contributed by atoms with Crippen LogP contribution in [0, 0.1) is 12.7 Å². The van der Waals surface area contributed by atoms with E-state index in [0.717, 1.165) is 10.6 Å². The highest BCUT2D eigenvalue weighted by Gasteiger charge is 2.32. The minimum atomic E-state index is -3.97. The summed E-state index contributed by atoms with van der Waals surface area (Å²) in [6.07, 6.45) is 0.982. The molecule has 256 valence electrons. The molecule has 0 spiro atoms. The molecule has 49 heavy (non-hydrogen) atoms. The minimum absolute atomic E-state index is 0.103. The van der Waals surface area contributed by atoms with Crippen LogP contribution in [0.25, 0.3) is 33.4 Å². The Hall–Kier alpha value is -5.54. The predicted octanol–water partition coefficient (Wildman–Crippen LogP) is 4.47. The van der Waals surface area contributed by atoms with Gasteiger partial charge in [0.1, 0.15) is 22.7 Å². The molecule has 0 unspecified atom stereocenters. The van der Waals surface area contributed by atoms with Crippen LogP contribution < -0.4 is 20.3 Å². The van der Waals surface area contributed by atoms with E-state index >= 15 is 0 Å². The van der Waals surface area contributed by atoms with Crippen molar-refractivity contribution in [2.24, 2.45) is 0 Å². The number of aryl methyl sites for hydroxylation is 1. The van der Waals surface area contributed by atoms with Crippen molar-refractivity contribution in [2.45, 2.75) is 26.3 Å². The second-order valence-electron chi connectivity index (χ2n) is 11.8. The van der Waals surface area contributed by atoms with E-state index in [2.05, 4.69) is 21.1 Å². The average Bonchev–Trinajstić information content (AvgIpc) is 3.64. The van der Waals surface area contributed by atoms with Gasteiger partial charge in [0.15, 0.2) is 0 Å². The first-order valence-corrected chi connectivity index (χ1v) is 16.8. The summed E-state index contributed by atoms with van der Waals surface area (Å²) in [7, 11) is -2.53. The monoisotopic (exact) mass is 691 g/mol. The fraction of sp³-hybridized carbons (Fsp3) is 0.235. The lowest BCUT2D eigenvalue weighted by Crippen LogP contribution is -2.52. The number of aliphatic hydroxyl groups excluding tert-OH is 1. The van der Waals surface area contributed by atoms with Crippen LogP contribution in [0.1, 0.15) is 40.3 Å². The van der Waals surface area contributed by atoms with Crippen molar-refractivity contribution in [1.29, 1.82) is 0 Å². The summed E-state index contributed by atoms with van der Waals surface area (Å²) in [5, 5.41) is 21.7. The summed E-state index contributed by atoms with van der Waals surface area (Å²) < 4.78 is 52.0. The molecule has 5 aromatic rings. The highest BCUT2D eigenvalue weighted by atomic mass is 32.2. The van der Waals surface area contributed by atoms with Gasteiger partial charge in [-0.3, -0.25) is 24.0 Å². The Kier molecular flexibility index (Phi) is 9.60. The number of halogens is 1. The smallest absolute Gasteiger partial charge is 0.255 e. The summed E-state index contributed by atoms with van der Waals surface area (Å²) in [5.74, 6) is -1.93. The van der Waals surface area contributed by atoms with Crippen molar-refractivity contribution >= 4 is 50.3 Å². The lowest BCUT2D eigenvalue weighted by atomic mass is 9.96. The van der Waals surface area contributed by atoms with Crippen molar-refractivity contribution in [3.8, 4) is 22.5 Å². The molecular formula is C34H34FN5O8S. The van der Waals surface area contributed by atoms with E-state index in [9.17, 15) is 32.3 Å². The number of amides is 3. The van der Waals surface area contributed by atoms with E-state index in [1.807, 2.05) is 0 Å². The first-order valence-electron chi connectivity index (χ1n) is 15.0. The normalized spacial score (nSPS) is 11.7.